The molecule has 7 heteroatoms. The van der Waals surface area contributed by atoms with Gasteiger partial charge in [-0.15, -0.1) is 0 Å². The van der Waals surface area contributed by atoms with Crippen molar-refractivity contribution < 1.29 is 22.3 Å². The van der Waals surface area contributed by atoms with E-state index in [-0.39, 0.29) is 17.1 Å². The molecule has 1 aliphatic heterocycles. The molecule has 0 aromatic heterocycles. The Morgan fingerprint density at radius 3 is 2.18 bits per heavy atom. The lowest BCUT2D eigenvalue weighted by molar-refractivity contribution is -0.138. The number of aryl methyl sites for hydroxylation is 1. The second kappa shape index (κ2) is 9.29. The Morgan fingerprint density at radius 2 is 1.58 bits per heavy atom. The van der Waals surface area contributed by atoms with Crippen LogP contribution in [-0.4, -0.2) is 25.3 Å². The SMILES string of the molecule is CCOC(=O)C1=C[C@@H](c2ccccc2)N(S(=O)(=O)c2ccc(C)cc2)[C@H]1c1ccc(F)cc1. The first-order chi connectivity index (χ1) is 15.8. The molecule has 0 fully saturated rings. The topological polar surface area (TPSA) is 63.7 Å². The van der Waals surface area contributed by atoms with Gasteiger partial charge in [0.05, 0.1) is 29.2 Å². The minimum Gasteiger partial charge on any atom is -0.463 e. The van der Waals surface area contributed by atoms with E-state index in [9.17, 15) is 17.6 Å². The predicted molar refractivity (Wildman–Crippen MR) is 123 cm³/mol. The zero-order chi connectivity index (χ0) is 23.6. The number of carbonyl (C=O) groups is 1. The maximum absolute atomic E-state index is 14.0. The molecule has 4 rings (SSSR count). The van der Waals surface area contributed by atoms with Crippen molar-refractivity contribution in [3.8, 4) is 0 Å². The predicted octanol–water partition coefficient (Wildman–Crippen LogP) is 5.11. The van der Waals surface area contributed by atoms with Gasteiger partial charge in [0, 0.05) is 0 Å². The van der Waals surface area contributed by atoms with Crippen LogP contribution in [0.25, 0.3) is 0 Å². The maximum atomic E-state index is 14.0. The summed E-state index contributed by atoms with van der Waals surface area (Å²) in [5, 5.41) is 0. The molecule has 0 bridgehead atoms. The molecule has 0 saturated heterocycles. The van der Waals surface area contributed by atoms with Gasteiger partial charge in [0.2, 0.25) is 10.0 Å². The molecule has 1 heterocycles. The van der Waals surface area contributed by atoms with Crippen LogP contribution in [0.3, 0.4) is 0 Å². The van der Waals surface area contributed by atoms with E-state index in [1.54, 1.807) is 37.3 Å². The van der Waals surface area contributed by atoms with E-state index in [2.05, 4.69) is 0 Å². The van der Waals surface area contributed by atoms with Crippen LogP contribution in [0, 0.1) is 12.7 Å². The fourth-order valence-electron chi connectivity index (χ4n) is 4.01. The number of benzene rings is 3. The minimum atomic E-state index is -4.06. The number of carbonyl (C=O) groups excluding carboxylic acids is 1. The summed E-state index contributed by atoms with van der Waals surface area (Å²) in [6.45, 7) is 3.71. The zero-order valence-electron chi connectivity index (χ0n) is 18.3. The highest BCUT2D eigenvalue weighted by Crippen LogP contribution is 2.47. The van der Waals surface area contributed by atoms with Gasteiger partial charge in [-0.25, -0.2) is 17.6 Å². The summed E-state index contributed by atoms with van der Waals surface area (Å²) in [6.07, 6.45) is 1.63. The Balaban J connectivity index is 1.93. The lowest BCUT2D eigenvalue weighted by atomic mass is 10.0. The molecule has 3 aromatic carbocycles. The third kappa shape index (κ3) is 4.47. The molecule has 33 heavy (non-hydrogen) atoms. The number of hydrogen-bond donors (Lipinski definition) is 0. The van der Waals surface area contributed by atoms with Crippen LogP contribution in [0.4, 0.5) is 4.39 Å². The quantitative estimate of drug-likeness (QED) is 0.475. The van der Waals surface area contributed by atoms with E-state index in [0.29, 0.717) is 11.1 Å². The number of ether oxygens (including phenoxy) is 1. The Labute approximate surface area is 193 Å². The van der Waals surface area contributed by atoms with Gasteiger partial charge in [0.1, 0.15) is 5.82 Å². The van der Waals surface area contributed by atoms with Gasteiger partial charge in [-0.1, -0.05) is 60.2 Å². The summed E-state index contributed by atoms with van der Waals surface area (Å²) in [4.78, 5) is 13.1. The maximum Gasteiger partial charge on any atom is 0.335 e. The third-order valence-electron chi connectivity index (χ3n) is 5.60. The average Bonchev–Trinajstić information content (AvgIpc) is 3.22. The second-order valence-electron chi connectivity index (χ2n) is 7.80. The molecule has 0 spiro atoms. The van der Waals surface area contributed by atoms with Crippen molar-refractivity contribution in [1.82, 2.24) is 4.31 Å². The van der Waals surface area contributed by atoms with Gasteiger partial charge >= 0.3 is 5.97 Å². The number of rotatable bonds is 6. The minimum absolute atomic E-state index is 0.111. The molecule has 0 saturated carbocycles. The van der Waals surface area contributed by atoms with Gasteiger partial charge in [0.25, 0.3) is 0 Å². The smallest absolute Gasteiger partial charge is 0.335 e. The summed E-state index contributed by atoms with van der Waals surface area (Å²) in [6, 6.07) is 19.4. The van der Waals surface area contributed by atoms with E-state index in [1.807, 2.05) is 37.3 Å². The first-order valence-electron chi connectivity index (χ1n) is 10.6. The number of sulfonamides is 1. The summed E-state index contributed by atoms with van der Waals surface area (Å²) in [5.41, 5.74) is 2.31. The molecule has 0 unspecified atom stereocenters. The molecule has 3 aromatic rings. The molecule has 0 radical (unpaired) electrons. The van der Waals surface area contributed by atoms with Gasteiger partial charge < -0.3 is 4.74 Å². The molecule has 0 aliphatic carbocycles. The largest absolute Gasteiger partial charge is 0.463 e. The first kappa shape index (κ1) is 22.9. The monoisotopic (exact) mass is 465 g/mol. The first-order valence-corrected chi connectivity index (χ1v) is 12.1. The third-order valence-corrected chi connectivity index (χ3v) is 7.46. The van der Waals surface area contributed by atoms with E-state index >= 15 is 0 Å². The second-order valence-corrected chi connectivity index (χ2v) is 9.64. The molecule has 0 amide bonds. The van der Waals surface area contributed by atoms with Crippen LogP contribution in [0.2, 0.25) is 0 Å². The Bertz CT molecular complexity index is 1270. The van der Waals surface area contributed by atoms with Gasteiger partial charge in [-0.3, -0.25) is 0 Å². The lowest BCUT2D eigenvalue weighted by Crippen LogP contribution is -2.35. The van der Waals surface area contributed by atoms with Crippen molar-refractivity contribution in [2.24, 2.45) is 0 Å². The van der Waals surface area contributed by atoms with Crippen molar-refractivity contribution in [3.63, 3.8) is 0 Å². The van der Waals surface area contributed by atoms with Crippen LogP contribution in [0.5, 0.6) is 0 Å². The van der Waals surface area contributed by atoms with Crippen molar-refractivity contribution in [3.05, 3.63) is 113 Å². The summed E-state index contributed by atoms with van der Waals surface area (Å²) in [5.74, 6) is -1.06. The Kier molecular flexibility index (Phi) is 6.44. The highest BCUT2D eigenvalue weighted by Gasteiger charge is 2.46. The number of hydrogen-bond acceptors (Lipinski definition) is 4. The number of esters is 1. The van der Waals surface area contributed by atoms with Crippen LogP contribution in [0.1, 0.15) is 35.7 Å². The average molecular weight is 466 g/mol. The highest BCUT2D eigenvalue weighted by atomic mass is 32.2. The van der Waals surface area contributed by atoms with Crippen LogP contribution < -0.4 is 0 Å². The standard InChI is InChI=1S/C26H24FNO4S/c1-3-32-26(29)23-17-24(19-7-5-4-6-8-19)28(25(23)20-11-13-21(27)14-12-20)33(30,31)22-15-9-18(2)10-16-22/h4-17,24-25H,3H2,1-2H3/t24-,25-/m0/s1. The lowest BCUT2D eigenvalue weighted by Gasteiger charge is -2.31. The van der Waals surface area contributed by atoms with Gasteiger partial charge in [-0.05, 0) is 55.3 Å². The summed E-state index contributed by atoms with van der Waals surface area (Å²) < 4.78 is 48.2. The van der Waals surface area contributed by atoms with E-state index in [4.69, 9.17) is 4.74 Å². The Hall–Kier alpha value is -3.29. The zero-order valence-corrected chi connectivity index (χ0v) is 19.1. The van der Waals surface area contributed by atoms with Crippen molar-refractivity contribution in [2.75, 3.05) is 6.61 Å². The fraction of sp³-hybridized carbons (Fsp3) is 0.192. The molecule has 0 N–H and O–H groups in total. The number of halogens is 1. The van der Waals surface area contributed by atoms with Crippen LogP contribution >= 0.6 is 0 Å². The van der Waals surface area contributed by atoms with E-state index in [1.165, 1.54) is 28.6 Å². The van der Waals surface area contributed by atoms with E-state index in [0.717, 1.165) is 5.56 Å². The molecule has 1 aliphatic rings. The van der Waals surface area contributed by atoms with Gasteiger partial charge in [-0.2, -0.15) is 4.31 Å². The van der Waals surface area contributed by atoms with Crippen molar-refractivity contribution in [2.45, 2.75) is 30.8 Å². The van der Waals surface area contributed by atoms with E-state index < -0.39 is 33.9 Å². The van der Waals surface area contributed by atoms with Crippen molar-refractivity contribution in [1.29, 1.82) is 0 Å². The molecule has 5 nitrogen and oxygen atoms in total. The normalized spacial score (nSPS) is 18.7. The van der Waals surface area contributed by atoms with Crippen LogP contribution in [-0.2, 0) is 19.6 Å². The molecular weight excluding hydrogens is 441 g/mol. The fourth-order valence-corrected chi connectivity index (χ4v) is 5.73. The molecule has 170 valence electrons. The molecule has 2 atom stereocenters. The Morgan fingerprint density at radius 1 is 0.939 bits per heavy atom. The summed E-state index contributed by atoms with van der Waals surface area (Å²) in [7, 11) is -4.06. The van der Waals surface area contributed by atoms with Crippen LogP contribution in [0.15, 0.2) is 95.4 Å². The highest BCUT2D eigenvalue weighted by molar-refractivity contribution is 7.89. The number of nitrogens with zero attached hydrogens (tertiary/aromatic N) is 1. The molecular formula is C26H24FNO4S. The van der Waals surface area contributed by atoms with Crippen molar-refractivity contribution >= 4 is 16.0 Å². The van der Waals surface area contributed by atoms with Gasteiger partial charge in [0.15, 0.2) is 0 Å². The summed E-state index contributed by atoms with van der Waals surface area (Å²) >= 11 is 0.